The Morgan fingerprint density at radius 1 is 1.12 bits per heavy atom. The Morgan fingerprint density at radius 3 is 2.96 bits per heavy atom. The molecule has 1 unspecified atom stereocenters. The minimum Gasteiger partial charge on any atom is -0.508 e. The zero-order valence-electron chi connectivity index (χ0n) is 14.4. The summed E-state index contributed by atoms with van der Waals surface area (Å²) in [5.74, 6) is 0.719. The zero-order valence-corrected chi connectivity index (χ0v) is 14.4. The van der Waals surface area contributed by atoms with Gasteiger partial charge in [-0.3, -0.25) is 4.90 Å². The molecule has 3 nitrogen and oxygen atoms in total. The molecule has 0 aliphatic carbocycles. The van der Waals surface area contributed by atoms with Gasteiger partial charge in [0.1, 0.15) is 5.75 Å². The molecular weight excluding hydrogens is 308 g/mol. The van der Waals surface area contributed by atoms with Gasteiger partial charge in [0, 0.05) is 36.1 Å². The first-order chi connectivity index (χ1) is 12.3. The van der Waals surface area contributed by atoms with Crippen molar-refractivity contribution in [2.75, 3.05) is 19.6 Å². The summed E-state index contributed by atoms with van der Waals surface area (Å²) >= 11 is 0. The van der Waals surface area contributed by atoms with Gasteiger partial charge in [0.05, 0.1) is 0 Å². The second-order valence-electron chi connectivity index (χ2n) is 6.85. The van der Waals surface area contributed by atoms with Crippen LogP contribution in [-0.2, 0) is 6.42 Å². The molecular formula is C22H24N2O. The molecule has 0 amide bonds. The minimum absolute atomic E-state index is 0.349. The Labute approximate surface area is 148 Å². The quantitative estimate of drug-likeness (QED) is 0.677. The normalized spacial score (nSPS) is 18.0. The van der Waals surface area contributed by atoms with Crippen LogP contribution in [0.3, 0.4) is 0 Å². The second-order valence-corrected chi connectivity index (χ2v) is 6.85. The maximum absolute atomic E-state index is 9.70. The largest absolute Gasteiger partial charge is 0.508 e. The minimum atomic E-state index is 0.349. The summed E-state index contributed by atoms with van der Waals surface area (Å²) in [6, 6.07) is 16.1. The Hall–Kier alpha value is -2.52. The van der Waals surface area contributed by atoms with Crippen LogP contribution in [0.2, 0.25) is 0 Å². The third-order valence-electron chi connectivity index (χ3n) is 5.08. The number of aromatic nitrogens is 1. The van der Waals surface area contributed by atoms with E-state index in [4.69, 9.17) is 0 Å². The van der Waals surface area contributed by atoms with Crippen molar-refractivity contribution in [3.05, 3.63) is 78.0 Å². The number of para-hydroxylation sites is 1. The van der Waals surface area contributed by atoms with Crippen LogP contribution in [0.15, 0.2) is 66.9 Å². The van der Waals surface area contributed by atoms with E-state index in [0.717, 1.165) is 32.5 Å². The highest BCUT2D eigenvalue weighted by Gasteiger charge is 2.17. The summed E-state index contributed by atoms with van der Waals surface area (Å²) < 4.78 is 0. The summed E-state index contributed by atoms with van der Waals surface area (Å²) in [6.07, 6.45) is 8.93. The molecule has 3 heteroatoms. The summed E-state index contributed by atoms with van der Waals surface area (Å²) in [5, 5.41) is 11.0. The van der Waals surface area contributed by atoms with Gasteiger partial charge in [-0.2, -0.15) is 0 Å². The number of aromatic amines is 1. The van der Waals surface area contributed by atoms with Crippen molar-refractivity contribution < 1.29 is 5.11 Å². The number of aromatic hydroxyl groups is 1. The highest BCUT2D eigenvalue weighted by Crippen LogP contribution is 2.25. The van der Waals surface area contributed by atoms with Crippen LogP contribution in [0, 0.1) is 0 Å². The van der Waals surface area contributed by atoms with Crippen molar-refractivity contribution in [3.8, 4) is 5.75 Å². The van der Waals surface area contributed by atoms with Gasteiger partial charge in [-0.25, -0.2) is 0 Å². The van der Waals surface area contributed by atoms with Gasteiger partial charge in [-0.05, 0) is 48.7 Å². The number of phenolic OH excluding ortho intramolecular Hbond substituents is 1. The SMILES string of the molecule is Oc1cccc(C2C=CCN(CCCc3c[nH]c4ccccc34)C2)c1. The average molecular weight is 332 g/mol. The smallest absolute Gasteiger partial charge is 0.115 e. The number of nitrogens with one attached hydrogen (secondary N) is 1. The molecule has 1 atom stereocenters. The fourth-order valence-corrected chi connectivity index (χ4v) is 3.77. The van der Waals surface area contributed by atoms with Gasteiger partial charge in [0.25, 0.3) is 0 Å². The standard InChI is InChI=1S/C22H24N2O/c25-20-9-3-6-17(14-20)19-8-5-13-24(16-19)12-4-7-18-15-23-22-11-2-1-10-21(18)22/h1-3,5-6,8-11,14-15,19,23,25H,4,7,12-13,16H2. The maximum atomic E-state index is 9.70. The molecule has 1 aliphatic heterocycles. The van der Waals surface area contributed by atoms with E-state index < -0.39 is 0 Å². The first kappa shape index (κ1) is 16.0. The van der Waals surface area contributed by atoms with Crippen LogP contribution in [0.1, 0.15) is 23.5 Å². The van der Waals surface area contributed by atoms with E-state index in [1.807, 2.05) is 12.1 Å². The molecule has 4 rings (SSSR count). The molecule has 128 valence electrons. The summed E-state index contributed by atoms with van der Waals surface area (Å²) in [5.41, 5.74) is 3.83. The number of hydrogen-bond acceptors (Lipinski definition) is 2. The second kappa shape index (κ2) is 7.16. The lowest BCUT2D eigenvalue weighted by Crippen LogP contribution is -2.32. The Kier molecular flexibility index (Phi) is 4.57. The third kappa shape index (κ3) is 3.62. The number of rotatable bonds is 5. The average Bonchev–Trinajstić information content (AvgIpc) is 3.05. The Balaban J connectivity index is 1.35. The number of fused-ring (bicyclic) bond motifs is 1. The molecule has 25 heavy (non-hydrogen) atoms. The number of nitrogens with zero attached hydrogens (tertiary/aromatic N) is 1. The van der Waals surface area contributed by atoms with E-state index in [9.17, 15) is 5.11 Å². The third-order valence-corrected chi connectivity index (χ3v) is 5.08. The molecule has 2 N–H and O–H groups in total. The van der Waals surface area contributed by atoms with Crippen molar-refractivity contribution >= 4 is 10.9 Å². The lowest BCUT2D eigenvalue weighted by molar-refractivity contribution is 0.280. The van der Waals surface area contributed by atoms with E-state index in [0.29, 0.717) is 11.7 Å². The van der Waals surface area contributed by atoms with Crippen molar-refractivity contribution in [1.82, 2.24) is 9.88 Å². The lowest BCUT2D eigenvalue weighted by atomic mass is 9.95. The van der Waals surface area contributed by atoms with Crippen molar-refractivity contribution in [1.29, 1.82) is 0 Å². The molecule has 0 saturated heterocycles. The Bertz CT molecular complexity index is 880. The van der Waals surface area contributed by atoms with Gasteiger partial charge in [-0.1, -0.05) is 42.5 Å². The summed E-state index contributed by atoms with van der Waals surface area (Å²) in [4.78, 5) is 5.87. The van der Waals surface area contributed by atoms with Crippen molar-refractivity contribution in [3.63, 3.8) is 0 Å². The molecule has 0 radical (unpaired) electrons. The number of benzene rings is 2. The molecule has 1 aromatic heterocycles. The van der Waals surface area contributed by atoms with E-state index in [2.05, 4.69) is 58.6 Å². The van der Waals surface area contributed by atoms with E-state index in [-0.39, 0.29) is 0 Å². The summed E-state index contributed by atoms with van der Waals surface area (Å²) in [7, 11) is 0. The van der Waals surface area contributed by atoms with Gasteiger partial charge >= 0.3 is 0 Å². The highest BCUT2D eigenvalue weighted by atomic mass is 16.3. The van der Waals surface area contributed by atoms with Gasteiger partial charge in [0.2, 0.25) is 0 Å². The maximum Gasteiger partial charge on any atom is 0.115 e. The molecule has 2 aromatic carbocycles. The first-order valence-corrected chi connectivity index (χ1v) is 9.02. The highest BCUT2D eigenvalue weighted by molar-refractivity contribution is 5.82. The molecule has 0 saturated carbocycles. The number of phenols is 1. The molecule has 2 heterocycles. The predicted octanol–water partition coefficient (Wildman–Crippen LogP) is 4.46. The van der Waals surface area contributed by atoms with Gasteiger partial charge in [-0.15, -0.1) is 0 Å². The number of H-pyrrole nitrogens is 1. The number of hydrogen-bond donors (Lipinski definition) is 2. The van der Waals surface area contributed by atoms with Crippen molar-refractivity contribution in [2.45, 2.75) is 18.8 Å². The summed E-state index contributed by atoms with van der Waals surface area (Å²) in [6.45, 7) is 3.14. The van der Waals surface area contributed by atoms with Crippen LogP contribution in [0.5, 0.6) is 5.75 Å². The van der Waals surface area contributed by atoms with Crippen LogP contribution in [0.25, 0.3) is 10.9 Å². The molecule has 0 fully saturated rings. The molecule has 3 aromatic rings. The van der Waals surface area contributed by atoms with Crippen LogP contribution in [-0.4, -0.2) is 34.6 Å². The zero-order chi connectivity index (χ0) is 17.1. The van der Waals surface area contributed by atoms with E-state index in [1.165, 1.54) is 22.0 Å². The molecule has 0 spiro atoms. The fraction of sp³-hybridized carbons (Fsp3) is 0.273. The van der Waals surface area contributed by atoms with Gasteiger partial charge in [0.15, 0.2) is 0 Å². The van der Waals surface area contributed by atoms with E-state index in [1.54, 1.807) is 6.07 Å². The topological polar surface area (TPSA) is 39.3 Å². The van der Waals surface area contributed by atoms with Crippen molar-refractivity contribution in [2.24, 2.45) is 0 Å². The molecule has 0 bridgehead atoms. The van der Waals surface area contributed by atoms with Crippen LogP contribution < -0.4 is 0 Å². The fourth-order valence-electron chi connectivity index (χ4n) is 3.77. The monoisotopic (exact) mass is 332 g/mol. The Morgan fingerprint density at radius 2 is 2.04 bits per heavy atom. The van der Waals surface area contributed by atoms with Gasteiger partial charge < -0.3 is 10.1 Å². The van der Waals surface area contributed by atoms with E-state index >= 15 is 0 Å². The van der Waals surface area contributed by atoms with Crippen LogP contribution >= 0.6 is 0 Å². The number of aryl methyl sites for hydroxylation is 1. The predicted molar refractivity (Wildman–Crippen MR) is 103 cm³/mol. The van der Waals surface area contributed by atoms with Crippen LogP contribution in [0.4, 0.5) is 0 Å². The lowest BCUT2D eigenvalue weighted by Gasteiger charge is -2.29. The molecule has 1 aliphatic rings. The first-order valence-electron chi connectivity index (χ1n) is 9.02.